The van der Waals surface area contributed by atoms with Crippen LogP contribution < -0.4 is 10.2 Å². The van der Waals surface area contributed by atoms with Crippen LogP contribution in [0.3, 0.4) is 0 Å². The molecule has 1 aromatic rings. The molecule has 1 atom stereocenters. The molecule has 0 aromatic heterocycles. The summed E-state index contributed by atoms with van der Waals surface area (Å²) in [5.74, 6) is -0.753. The highest BCUT2D eigenvalue weighted by Gasteiger charge is 2.19. The van der Waals surface area contributed by atoms with Gasteiger partial charge in [0.15, 0.2) is 0 Å². The van der Waals surface area contributed by atoms with Gasteiger partial charge in [-0.3, -0.25) is 4.79 Å². The number of nitrogens with zero attached hydrogens (tertiary/aromatic N) is 2. The van der Waals surface area contributed by atoms with Gasteiger partial charge in [-0.25, -0.2) is 4.39 Å². The van der Waals surface area contributed by atoms with Crippen molar-refractivity contribution in [3.8, 4) is 0 Å². The molecule has 1 unspecified atom stereocenters. The van der Waals surface area contributed by atoms with Gasteiger partial charge < -0.3 is 20.2 Å². The summed E-state index contributed by atoms with van der Waals surface area (Å²) in [5, 5.41) is 11.6. The molecule has 6 heteroatoms. The number of amides is 1. The van der Waals surface area contributed by atoms with Crippen molar-refractivity contribution in [1.82, 2.24) is 10.2 Å². The Morgan fingerprint density at radius 1 is 1.36 bits per heavy atom. The predicted octanol–water partition coefficient (Wildman–Crippen LogP) is 1.08. The number of carbonyl (C=O) groups is 1. The molecular formula is C16H24FN3O2. The van der Waals surface area contributed by atoms with E-state index in [2.05, 4.69) is 17.1 Å². The summed E-state index contributed by atoms with van der Waals surface area (Å²) in [7, 11) is 0. The number of rotatable bonds is 5. The second-order valence-electron chi connectivity index (χ2n) is 5.64. The molecule has 1 aliphatic rings. The van der Waals surface area contributed by atoms with Crippen LogP contribution in [0, 0.1) is 5.82 Å². The van der Waals surface area contributed by atoms with Crippen molar-refractivity contribution in [1.29, 1.82) is 0 Å². The zero-order valence-electron chi connectivity index (χ0n) is 13.2. The number of aliphatic hydroxyl groups excluding tert-OH is 1. The quantitative estimate of drug-likeness (QED) is 0.854. The Balaban J connectivity index is 2.05. The highest BCUT2D eigenvalue weighted by atomic mass is 19.1. The number of carbonyl (C=O) groups excluding carboxylic acids is 1. The van der Waals surface area contributed by atoms with Crippen molar-refractivity contribution in [2.75, 3.05) is 44.2 Å². The summed E-state index contributed by atoms with van der Waals surface area (Å²) >= 11 is 0. The lowest BCUT2D eigenvalue weighted by atomic mass is 10.1. The Morgan fingerprint density at radius 3 is 2.59 bits per heavy atom. The molecule has 1 fully saturated rings. The monoisotopic (exact) mass is 309 g/mol. The van der Waals surface area contributed by atoms with E-state index in [1.807, 2.05) is 4.90 Å². The van der Waals surface area contributed by atoms with Gasteiger partial charge in [0.2, 0.25) is 0 Å². The number of anilines is 1. The third kappa shape index (κ3) is 3.96. The minimum Gasteiger partial charge on any atom is -0.394 e. The lowest BCUT2D eigenvalue weighted by Gasteiger charge is -2.35. The van der Waals surface area contributed by atoms with Crippen LogP contribution in [0.5, 0.6) is 0 Å². The summed E-state index contributed by atoms with van der Waals surface area (Å²) < 4.78 is 14.3. The van der Waals surface area contributed by atoms with Crippen LogP contribution >= 0.6 is 0 Å². The van der Waals surface area contributed by atoms with Gasteiger partial charge in [0, 0.05) is 37.8 Å². The topological polar surface area (TPSA) is 55.8 Å². The van der Waals surface area contributed by atoms with E-state index >= 15 is 0 Å². The maximum Gasteiger partial charge on any atom is 0.251 e. The molecule has 1 aromatic carbocycles. The Kier molecular flexibility index (Phi) is 5.74. The molecule has 5 nitrogen and oxygen atoms in total. The van der Waals surface area contributed by atoms with Crippen LogP contribution in [0.1, 0.15) is 24.2 Å². The maximum absolute atomic E-state index is 14.3. The number of halogens is 1. The fraction of sp³-hybridized carbons (Fsp3) is 0.562. The summed E-state index contributed by atoms with van der Waals surface area (Å²) in [6, 6.07) is 4.21. The molecule has 1 heterocycles. The summed E-state index contributed by atoms with van der Waals surface area (Å²) in [6.07, 6.45) is 0. The van der Waals surface area contributed by atoms with E-state index in [0.717, 1.165) is 32.7 Å². The number of nitrogens with one attached hydrogen (secondary N) is 1. The average molecular weight is 309 g/mol. The van der Waals surface area contributed by atoms with E-state index in [0.29, 0.717) is 5.69 Å². The van der Waals surface area contributed by atoms with E-state index in [9.17, 15) is 9.18 Å². The SMILES string of the molecule is CCN1CCN(c2ccc(C(=O)NC(C)CO)cc2F)CC1. The molecule has 1 aliphatic heterocycles. The second kappa shape index (κ2) is 7.56. The number of benzene rings is 1. The van der Waals surface area contributed by atoms with Gasteiger partial charge in [0.1, 0.15) is 5.82 Å². The van der Waals surface area contributed by atoms with Crippen LogP contribution in [-0.4, -0.2) is 61.3 Å². The van der Waals surface area contributed by atoms with Crippen molar-refractivity contribution in [3.05, 3.63) is 29.6 Å². The first-order valence-electron chi connectivity index (χ1n) is 7.73. The van der Waals surface area contributed by atoms with E-state index < -0.39 is 0 Å². The first-order valence-corrected chi connectivity index (χ1v) is 7.73. The lowest BCUT2D eigenvalue weighted by molar-refractivity contribution is 0.0922. The van der Waals surface area contributed by atoms with Crippen LogP contribution in [-0.2, 0) is 0 Å². The molecule has 1 amide bonds. The van der Waals surface area contributed by atoms with Gasteiger partial charge in [-0.1, -0.05) is 6.92 Å². The third-order valence-electron chi connectivity index (χ3n) is 4.02. The van der Waals surface area contributed by atoms with Crippen LogP contribution in [0.4, 0.5) is 10.1 Å². The largest absolute Gasteiger partial charge is 0.394 e. The molecule has 0 spiro atoms. The number of piperazine rings is 1. The van der Waals surface area contributed by atoms with Crippen molar-refractivity contribution in [3.63, 3.8) is 0 Å². The highest BCUT2D eigenvalue weighted by Crippen LogP contribution is 2.22. The minimum absolute atomic E-state index is 0.145. The summed E-state index contributed by atoms with van der Waals surface area (Å²) in [4.78, 5) is 16.3. The molecule has 122 valence electrons. The summed E-state index contributed by atoms with van der Waals surface area (Å²) in [5.41, 5.74) is 0.816. The van der Waals surface area contributed by atoms with E-state index in [4.69, 9.17) is 5.11 Å². The van der Waals surface area contributed by atoms with Gasteiger partial charge in [-0.05, 0) is 31.7 Å². The molecule has 2 rings (SSSR count). The van der Waals surface area contributed by atoms with E-state index in [-0.39, 0.29) is 29.9 Å². The zero-order valence-corrected chi connectivity index (χ0v) is 13.2. The van der Waals surface area contributed by atoms with Crippen molar-refractivity contribution >= 4 is 11.6 Å². The molecule has 22 heavy (non-hydrogen) atoms. The standard InChI is InChI=1S/C16H24FN3O2/c1-3-19-6-8-20(9-7-19)15-5-4-13(10-14(15)17)16(22)18-12(2)11-21/h4-5,10,12,21H,3,6-9,11H2,1-2H3,(H,18,22). The molecule has 1 saturated heterocycles. The fourth-order valence-electron chi connectivity index (χ4n) is 2.56. The van der Waals surface area contributed by atoms with Crippen molar-refractivity contribution in [2.45, 2.75) is 19.9 Å². The van der Waals surface area contributed by atoms with Crippen LogP contribution in [0.25, 0.3) is 0 Å². The van der Waals surface area contributed by atoms with Gasteiger partial charge in [0.05, 0.1) is 12.3 Å². The van der Waals surface area contributed by atoms with Crippen molar-refractivity contribution < 1.29 is 14.3 Å². The van der Waals surface area contributed by atoms with E-state index in [1.54, 1.807) is 19.1 Å². The Bertz CT molecular complexity index is 516. The number of aliphatic hydroxyl groups is 1. The Labute approximate surface area is 130 Å². The first kappa shape index (κ1) is 16.7. The predicted molar refractivity (Wildman–Crippen MR) is 84.7 cm³/mol. The van der Waals surface area contributed by atoms with Crippen LogP contribution in [0.2, 0.25) is 0 Å². The number of likely N-dealkylation sites (N-methyl/N-ethyl adjacent to an activating group) is 1. The third-order valence-corrected chi connectivity index (χ3v) is 4.02. The molecular weight excluding hydrogens is 285 g/mol. The average Bonchev–Trinajstić information content (AvgIpc) is 2.54. The zero-order chi connectivity index (χ0) is 16.1. The fourth-order valence-corrected chi connectivity index (χ4v) is 2.56. The lowest BCUT2D eigenvalue weighted by Crippen LogP contribution is -2.46. The second-order valence-corrected chi connectivity index (χ2v) is 5.64. The molecule has 0 saturated carbocycles. The summed E-state index contributed by atoms with van der Waals surface area (Å²) in [6.45, 7) is 8.10. The smallest absolute Gasteiger partial charge is 0.251 e. The van der Waals surface area contributed by atoms with Crippen LogP contribution in [0.15, 0.2) is 18.2 Å². The first-order chi connectivity index (χ1) is 10.5. The van der Waals surface area contributed by atoms with Gasteiger partial charge in [0.25, 0.3) is 5.91 Å². The molecule has 2 N–H and O–H groups in total. The normalized spacial score (nSPS) is 17.4. The van der Waals surface area contributed by atoms with Crippen molar-refractivity contribution in [2.24, 2.45) is 0 Å². The van der Waals surface area contributed by atoms with Gasteiger partial charge in [-0.15, -0.1) is 0 Å². The Morgan fingerprint density at radius 2 is 2.05 bits per heavy atom. The molecule has 0 radical (unpaired) electrons. The minimum atomic E-state index is -0.380. The van der Waals surface area contributed by atoms with Gasteiger partial charge >= 0.3 is 0 Å². The van der Waals surface area contributed by atoms with Gasteiger partial charge in [-0.2, -0.15) is 0 Å². The highest BCUT2D eigenvalue weighted by molar-refractivity contribution is 5.94. The van der Waals surface area contributed by atoms with E-state index in [1.165, 1.54) is 6.07 Å². The molecule has 0 bridgehead atoms. The number of hydrogen-bond acceptors (Lipinski definition) is 4. The number of hydrogen-bond donors (Lipinski definition) is 2. The Hall–Kier alpha value is -1.66. The molecule has 0 aliphatic carbocycles. The maximum atomic E-state index is 14.3.